The van der Waals surface area contributed by atoms with E-state index in [1.165, 1.54) is 12.1 Å². The zero-order chi connectivity index (χ0) is 14.3. The molecule has 102 valence electrons. The Bertz CT molecular complexity index is 653. The highest BCUT2D eigenvalue weighted by atomic mass is 35.5. The smallest absolute Gasteiger partial charge is 0.152 e. The van der Waals surface area contributed by atoms with Gasteiger partial charge in [-0.25, -0.2) is 8.42 Å². The van der Waals surface area contributed by atoms with Crippen molar-refractivity contribution in [3.63, 3.8) is 0 Å². The lowest BCUT2D eigenvalue weighted by atomic mass is 9.80. The van der Waals surface area contributed by atoms with Crippen molar-refractivity contribution in [1.29, 1.82) is 5.26 Å². The van der Waals surface area contributed by atoms with Crippen LogP contribution in [0.25, 0.3) is 0 Å². The van der Waals surface area contributed by atoms with Gasteiger partial charge in [-0.2, -0.15) is 5.26 Å². The van der Waals surface area contributed by atoms with Crippen LogP contribution in [0.3, 0.4) is 0 Å². The maximum Gasteiger partial charge on any atom is 0.152 e. The SMILES string of the molecule is N#CC1(C(O)c2ccc(Cl)c(Cl)c2)CCS(=O)(=O)C1. The molecule has 1 aromatic rings. The van der Waals surface area contributed by atoms with Gasteiger partial charge in [-0.3, -0.25) is 0 Å². The highest BCUT2D eigenvalue weighted by Gasteiger charge is 2.48. The van der Waals surface area contributed by atoms with Gasteiger partial charge in [0, 0.05) is 0 Å². The number of rotatable bonds is 2. The predicted octanol–water partition coefficient (Wildman–Crippen LogP) is 2.36. The Labute approximate surface area is 121 Å². The third-order valence-corrected chi connectivity index (χ3v) is 5.86. The Balaban J connectivity index is 2.40. The summed E-state index contributed by atoms with van der Waals surface area (Å²) in [6.45, 7) is 0. The highest BCUT2D eigenvalue weighted by molar-refractivity contribution is 7.91. The molecule has 0 spiro atoms. The van der Waals surface area contributed by atoms with Crippen molar-refractivity contribution >= 4 is 33.0 Å². The Kier molecular flexibility index (Phi) is 3.80. The van der Waals surface area contributed by atoms with E-state index in [9.17, 15) is 18.8 Å². The number of sulfone groups is 1. The molecule has 1 heterocycles. The maximum atomic E-state index is 11.6. The summed E-state index contributed by atoms with van der Waals surface area (Å²) in [5.74, 6) is -0.420. The van der Waals surface area contributed by atoms with E-state index in [-0.39, 0.29) is 22.9 Å². The number of aliphatic hydroxyl groups is 1. The number of hydrogen-bond acceptors (Lipinski definition) is 4. The number of nitriles is 1. The molecule has 1 saturated heterocycles. The fourth-order valence-electron chi connectivity index (χ4n) is 2.24. The van der Waals surface area contributed by atoms with E-state index in [1.807, 2.05) is 6.07 Å². The van der Waals surface area contributed by atoms with Crippen LogP contribution in [0.1, 0.15) is 18.1 Å². The van der Waals surface area contributed by atoms with Crippen molar-refractivity contribution in [1.82, 2.24) is 0 Å². The van der Waals surface area contributed by atoms with Crippen molar-refractivity contribution in [3.05, 3.63) is 33.8 Å². The Morgan fingerprint density at radius 2 is 2.05 bits per heavy atom. The van der Waals surface area contributed by atoms with E-state index < -0.39 is 21.4 Å². The van der Waals surface area contributed by atoms with E-state index in [0.717, 1.165) is 0 Å². The Morgan fingerprint density at radius 1 is 1.37 bits per heavy atom. The van der Waals surface area contributed by atoms with Gasteiger partial charge in [0.25, 0.3) is 0 Å². The Morgan fingerprint density at radius 3 is 2.53 bits per heavy atom. The van der Waals surface area contributed by atoms with Crippen molar-refractivity contribution in [2.75, 3.05) is 11.5 Å². The molecular weight excluding hydrogens is 309 g/mol. The molecule has 1 fully saturated rings. The molecule has 0 radical (unpaired) electrons. The van der Waals surface area contributed by atoms with Crippen LogP contribution in [-0.2, 0) is 9.84 Å². The molecular formula is C12H11Cl2NO3S. The average Bonchev–Trinajstić information content (AvgIpc) is 2.69. The van der Waals surface area contributed by atoms with E-state index in [2.05, 4.69) is 0 Å². The Hall–Kier alpha value is -0.800. The molecule has 2 rings (SSSR count). The van der Waals surface area contributed by atoms with Gasteiger partial charge in [-0.1, -0.05) is 29.3 Å². The zero-order valence-electron chi connectivity index (χ0n) is 9.81. The van der Waals surface area contributed by atoms with Crippen LogP contribution in [0.4, 0.5) is 0 Å². The monoisotopic (exact) mass is 319 g/mol. The standard InChI is InChI=1S/C12H11Cl2NO3S/c13-9-2-1-8(5-10(9)14)11(16)12(6-15)3-4-19(17,18)7-12/h1-2,5,11,16H,3-4,7H2. The molecule has 19 heavy (non-hydrogen) atoms. The first kappa shape index (κ1) is 14.6. The van der Waals surface area contributed by atoms with Crippen LogP contribution < -0.4 is 0 Å². The first-order chi connectivity index (χ1) is 8.80. The van der Waals surface area contributed by atoms with Crippen LogP contribution in [0, 0.1) is 16.7 Å². The van der Waals surface area contributed by atoms with Crippen LogP contribution in [0.2, 0.25) is 10.0 Å². The molecule has 0 bridgehead atoms. The summed E-state index contributed by atoms with van der Waals surface area (Å²) in [5.41, 5.74) is -0.913. The molecule has 1 aliphatic rings. The fourth-order valence-corrected chi connectivity index (χ4v) is 4.52. The lowest BCUT2D eigenvalue weighted by molar-refractivity contribution is 0.0793. The topological polar surface area (TPSA) is 78.2 Å². The predicted molar refractivity (Wildman–Crippen MR) is 72.7 cm³/mol. The maximum absolute atomic E-state index is 11.6. The van der Waals surface area contributed by atoms with Gasteiger partial charge in [0.1, 0.15) is 5.41 Å². The quantitative estimate of drug-likeness (QED) is 0.907. The minimum absolute atomic E-state index is 0.0844. The molecule has 2 unspecified atom stereocenters. The van der Waals surface area contributed by atoms with Gasteiger partial charge in [-0.15, -0.1) is 0 Å². The molecule has 1 N–H and O–H groups in total. The summed E-state index contributed by atoms with van der Waals surface area (Å²) in [7, 11) is -3.28. The molecule has 0 saturated carbocycles. The first-order valence-corrected chi connectivity index (χ1v) is 8.12. The van der Waals surface area contributed by atoms with E-state index >= 15 is 0 Å². The molecule has 2 atom stereocenters. The third kappa shape index (κ3) is 2.72. The minimum Gasteiger partial charge on any atom is -0.387 e. The summed E-state index contributed by atoms with van der Waals surface area (Å²) >= 11 is 11.6. The lowest BCUT2D eigenvalue weighted by Crippen LogP contribution is -2.28. The summed E-state index contributed by atoms with van der Waals surface area (Å²) in [4.78, 5) is 0. The third-order valence-electron chi connectivity index (χ3n) is 3.34. The van der Waals surface area contributed by atoms with Crippen LogP contribution in [0.5, 0.6) is 0 Å². The van der Waals surface area contributed by atoms with Crippen molar-refractivity contribution in [3.8, 4) is 6.07 Å². The summed E-state index contributed by atoms with van der Waals surface area (Å²) in [5, 5.41) is 20.2. The van der Waals surface area contributed by atoms with Crippen molar-refractivity contribution < 1.29 is 13.5 Å². The number of aliphatic hydroxyl groups excluding tert-OH is 1. The number of halogens is 2. The molecule has 0 amide bonds. The van der Waals surface area contributed by atoms with Gasteiger partial charge >= 0.3 is 0 Å². The second-order valence-electron chi connectivity index (χ2n) is 4.69. The molecule has 7 heteroatoms. The van der Waals surface area contributed by atoms with E-state index in [0.29, 0.717) is 10.6 Å². The molecule has 1 aliphatic heterocycles. The molecule has 0 aliphatic carbocycles. The summed E-state index contributed by atoms with van der Waals surface area (Å²) < 4.78 is 23.1. The number of hydrogen-bond donors (Lipinski definition) is 1. The summed E-state index contributed by atoms with van der Waals surface area (Å²) in [6.07, 6.45) is -1.09. The second-order valence-corrected chi connectivity index (χ2v) is 7.68. The summed E-state index contributed by atoms with van der Waals surface area (Å²) in [6, 6.07) is 6.47. The first-order valence-electron chi connectivity index (χ1n) is 5.54. The molecule has 0 aromatic heterocycles. The lowest BCUT2D eigenvalue weighted by Gasteiger charge is -2.26. The highest BCUT2D eigenvalue weighted by Crippen LogP contribution is 2.43. The van der Waals surface area contributed by atoms with Gasteiger partial charge in [-0.05, 0) is 24.1 Å². The molecule has 1 aromatic carbocycles. The van der Waals surface area contributed by atoms with Gasteiger partial charge in [0.05, 0.1) is 33.7 Å². The van der Waals surface area contributed by atoms with Gasteiger partial charge in [0.15, 0.2) is 9.84 Å². The van der Waals surface area contributed by atoms with E-state index in [1.54, 1.807) is 6.07 Å². The van der Waals surface area contributed by atoms with Gasteiger partial charge < -0.3 is 5.11 Å². The normalized spacial score (nSPS) is 26.8. The molecule has 4 nitrogen and oxygen atoms in total. The van der Waals surface area contributed by atoms with Crippen molar-refractivity contribution in [2.45, 2.75) is 12.5 Å². The van der Waals surface area contributed by atoms with E-state index in [4.69, 9.17) is 23.2 Å². The average molecular weight is 320 g/mol. The number of benzene rings is 1. The largest absolute Gasteiger partial charge is 0.387 e. The van der Waals surface area contributed by atoms with Crippen molar-refractivity contribution in [2.24, 2.45) is 5.41 Å². The minimum atomic E-state index is -3.28. The zero-order valence-corrected chi connectivity index (χ0v) is 12.1. The number of nitrogens with zero attached hydrogens (tertiary/aromatic N) is 1. The van der Waals surface area contributed by atoms with Crippen LogP contribution in [-0.4, -0.2) is 25.0 Å². The van der Waals surface area contributed by atoms with Crippen LogP contribution in [0.15, 0.2) is 18.2 Å². The van der Waals surface area contributed by atoms with Gasteiger partial charge in [0.2, 0.25) is 0 Å². The second kappa shape index (κ2) is 4.95. The fraction of sp³-hybridized carbons (Fsp3) is 0.417. The van der Waals surface area contributed by atoms with Crippen LogP contribution >= 0.6 is 23.2 Å².